The summed E-state index contributed by atoms with van der Waals surface area (Å²) in [5, 5.41) is 3.04. The Morgan fingerprint density at radius 2 is 2.11 bits per heavy atom. The fourth-order valence-electron chi connectivity index (χ4n) is 1.51. The van der Waals surface area contributed by atoms with Crippen LogP contribution in [0.15, 0.2) is 6.07 Å². The summed E-state index contributed by atoms with van der Waals surface area (Å²) in [6.45, 7) is 2.58. The molecule has 0 spiro atoms. The van der Waals surface area contributed by atoms with E-state index < -0.39 is 0 Å². The molecular weight excluding hydrogens is 315 g/mol. The van der Waals surface area contributed by atoms with Gasteiger partial charge in [-0.3, -0.25) is 10.1 Å². The van der Waals surface area contributed by atoms with Crippen LogP contribution in [-0.2, 0) is 4.74 Å². The van der Waals surface area contributed by atoms with Crippen LogP contribution in [0.1, 0.15) is 10.4 Å². The zero-order chi connectivity index (χ0) is 13.1. The first-order chi connectivity index (χ1) is 8.58. The second-order valence-corrected chi connectivity index (χ2v) is 6.27. The van der Waals surface area contributed by atoms with Gasteiger partial charge in [0.15, 0.2) is 5.11 Å². The lowest BCUT2D eigenvalue weighted by atomic mass is 10.3. The van der Waals surface area contributed by atoms with Gasteiger partial charge in [-0.2, -0.15) is 0 Å². The molecule has 0 saturated carbocycles. The maximum absolute atomic E-state index is 11.9. The van der Waals surface area contributed by atoms with Crippen LogP contribution >= 0.6 is 46.8 Å². The van der Waals surface area contributed by atoms with Crippen LogP contribution < -0.4 is 5.32 Å². The quantitative estimate of drug-likeness (QED) is 0.805. The van der Waals surface area contributed by atoms with E-state index in [1.807, 2.05) is 4.90 Å². The maximum Gasteiger partial charge on any atom is 0.259 e. The van der Waals surface area contributed by atoms with Crippen molar-refractivity contribution >= 4 is 57.8 Å². The van der Waals surface area contributed by atoms with Gasteiger partial charge in [-0.15, -0.1) is 11.3 Å². The number of halogens is 2. The third kappa shape index (κ3) is 3.33. The third-order valence-corrected chi connectivity index (χ3v) is 4.27. The van der Waals surface area contributed by atoms with Gasteiger partial charge in [0.2, 0.25) is 0 Å². The molecule has 1 aliphatic rings. The van der Waals surface area contributed by atoms with Gasteiger partial charge in [-0.05, 0) is 18.3 Å². The van der Waals surface area contributed by atoms with Crippen molar-refractivity contribution in [3.63, 3.8) is 0 Å². The van der Waals surface area contributed by atoms with Crippen LogP contribution in [0.3, 0.4) is 0 Å². The van der Waals surface area contributed by atoms with Gasteiger partial charge >= 0.3 is 0 Å². The van der Waals surface area contributed by atoms with Crippen LogP contribution in [0.5, 0.6) is 0 Å². The summed E-state index contributed by atoms with van der Waals surface area (Å²) in [6.07, 6.45) is 0. The van der Waals surface area contributed by atoms with Crippen molar-refractivity contribution in [1.82, 2.24) is 10.2 Å². The van der Waals surface area contributed by atoms with Crippen molar-refractivity contribution in [3.8, 4) is 0 Å². The van der Waals surface area contributed by atoms with Gasteiger partial charge in [0.1, 0.15) is 4.34 Å². The molecule has 0 unspecified atom stereocenters. The van der Waals surface area contributed by atoms with Gasteiger partial charge in [-0.25, -0.2) is 0 Å². The number of morpholine rings is 1. The molecular formula is C10H10Cl2N2O2S2. The second-order valence-electron chi connectivity index (χ2n) is 3.60. The van der Waals surface area contributed by atoms with Gasteiger partial charge in [-0.1, -0.05) is 23.2 Å². The number of nitrogens with one attached hydrogen (secondary N) is 1. The van der Waals surface area contributed by atoms with Crippen molar-refractivity contribution in [2.75, 3.05) is 26.3 Å². The highest BCUT2D eigenvalue weighted by molar-refractivity contribution is 7.80. The molecule has 1 saturated heterocycles. The Balaban J connectivity index is 1.98. The molecule has 8 heteroatoms. The Morgan fingerprint density at radius 1 is 1.44 bits per heavy atom. The van der Waals surface area contributed by atoms with E-state index in [-0.39, 0.29) is 5.91 Å². The average molecular weight is 325 g/mol. The van der Waals surface area contributed by atoms with Crippen LogP contribution in [-0.4, -0.2) is 42.2 Å². The first-order valence-corrected chi connectivity index (χ1v) is 7.19. The number of carbonyl (C=O) groups excluding carboxylic acids is 1. The number of carbonyl (C=O) groups is 1. The van der Waals surface area contributed by atoms with E-state index >= 15 is 0 Å². The van der Waals surface area contributed by atoms with Crippen molar-refractivity contribution in [2.24, 2.45) is 0 Å². The number of rotatable bonds is 1. The first kappa shape index (κ1) is 14.0. The number of thiophene rings is 1. The molecule has 1 aromatic heterocycles. The predicted octanol–water partition coefficient (Wildman–Crippen LogP) is 2.40. The molecule has 0 bridgehead atoms. The van der Waals surface area contributed by atoms with E-state index in [1.54, 1.807) is 0 Å². The first-order valence-electron chi connectivity index (χ1n) is 5.21. The molecule has 18 heavy (non-hydrogen) atoms. The van der Waals surface area contributed by atoms with Gasteiger partial charge < -0.3 is 9.64 Å². The topological polar surface area (TPSA) is 41.6 Å². The Kier molecular flexibility index (Phi) is 4.80. The molecule has 1 amide bonds. The molecule has 0 aliphatic carbocycles. The van der Waals surface area contributed by atoms with E-state index in [4.69, 9.17) is 40.2 Å². The summed E-state index contributed by atoms with van der Waals surface area (Å²) in [4.78, 5) is 13.8. The lowest BCUT2D eigenvalue weighted by Gasteiger charge is -2.28. The standard InChI is InChI=1S/C10H10Cl2N2O2S2/c11-7-5-6(8(12)18-7)9(15)13-10(17)14-1-3-16-4-2-14/h5H,1-4H2,(H,13,15,17). The van der Waals surface area contributed by atoms with E-state index in [1.165, 1.54) is 6.07 Å². The fourth-order valence-corrected chi connectivity index (χ4v) is 3.24. The number of ether oxygens (including phenoxy) is 1. The maximum atomic E-state index is 11.9. The molecule has 1 aliphatic heterocycles. The summed E-state index contributed by atoms with van der Waals surface area (Å²) in [5.41, 5.74) is 0.349. The largest absolute Gasteiger partial charge is 0.378 e. The summed E-state index contributed by atoms with van der Waals surface area (Å²) in [5.74, 6) is -0.334. The minimum atomic E-state index is -0.334. The summed E-state index contributed by atoms with van der Waals surface area (Å²) >= 11 is 18.0. The van der Waals surface area contributed by atoms with E-state index in [0.717, 1.165) is 11.3 Å². The van der Waals surface area contributed by atoms with Gasteiger partial charge in [0, 0.05) is 13.1 Å². The summed E-state index contributed by atoms with van der Waals surface area (Å²) < 4.78 is 6.05. The lowest BCUT2D eigenvalue weighted by molar-refractivity contribution is 0.0669. The number of hydrogen-bond donors (Lipinski definition) is 1. The van der Waals surface area contributed by atoms with E-state index in [9.17, 15) is 4.79 Å². The molecule has 0 radical (unpaired) electrons. The SMILES string of the molecule is O=C(NC(=S)N1CCOCC1)c1cc(Cl)sc1Cl. The van der Waals surface area contributed by atoms with Crippen LogP contribution in [0.4, 0.5) is 0 Å². The Labute approximate surface area is 124 Å². The monoisotopic (exact) mass is 324 g/mol. The van der Waals surface area contributed by atoms with E-state index in [2.05, 4.69) is 5.32 Å². The Hall–Kier alpha value is -0.400. The van der Waals surface area contributed by atoms with Gasteiger partial charge in [0.25, 0.3) is 5.91 Å². The molecule has 2 rings (SSSR count). The second kappa shape index (κ2) is 6.16. The minimum absolute atomic E-state index is 0.334. The highest BCUT2D eigenvalue weighted by Crippen LogP contribution is 2.30. The minimum Gasteiger partial charge on any atom is -0.378 e. The summed E-state index contributed by atoms with van der Waals surface area (Å²) in [7, 11) is 0. The average Bonchev–Trinajstić information content (AvgIpc) is 2.69. The van der Waals surface area contributed by atoms with E-state index in [0.29, 0.717) is 45.7 Å². The number of hydrogen-bond acceptors (Lipinski definition) is 4. The molecule has 0 aromatic carbocycles. The highest BCUT2D eigenvalue weighted by Gasteiger charge is 2.19. The molecule has 1 fully saturated rings. The number of thiocarbonyl (C=S) groups is 1. The molecule has 1 aromatic rings. The van der Waals surface area contributed by atoms with Gasteiger partial charge in [0.05, 0.1) is 23.1 Å². The Morgan fingerprint density at radius 3 is 2.67 bits per heavy atom. The summed E-state index contributed by atoms with van der Waals surface area (Å²) in [6, 6.07) is 1.53. The van der Waals surface area contributed by atoms with Crippen LogP contribution in [0, 0.1) is 0 Å². The molecule has 4 nitrogen and oxygen atoms in total. The fraction of sp³-hybridized carbons (Fsp3) is 0.400. The number of nitrogens with zero attached hydrogens (tertiary/aromatic N) is 1. The normalized spacial score (nSPS) is 15.6. The van der Waals surface area contributed by atoms with Crippen molar-refractivity contribution in [1.29, 1.82) is 0 Å². The van der Waals surface area contributed by atoms with Crippen molar-refractivity contribution in [3.05, 3.63) is 20.3 Å². The lowest BCUT2D eigenvalue weighted by Crippen LogP contribution is -2.47. The zero-order valence-electron chi connectivity index (χ0n) is 9.24. The predicted molar refractivity (Wildman–Crippen MR) is 76.8 cm³/mol. The van der Waals surface area contributed by atoms with Crippen molar-refractivity contribution < 1.29 is 9.53 Å². The molecule has 1 N–H and O–H groups in total. The molecule has 2 heterocycles. The van der Waals surface area contributed by atoms with Crippen LogP contribution in [0.2, 0.25) is 8.67 Å². The van der Waals surface area contributed by atoms with Crippen LogP contribution in [0.25, 0.3) is 0 Å². The third-order valence-electron chi connectivity index (χ3n) is 2.42. The zero-order valence-corrected chi connectivity index (χ0v) is 12.4. The highest BCUT2D eigenvalue weighted by atomic mass is 35.5. The number of amides is 1. The van der Waals surface area contributed by atoms with Crippen molar-refractivity contribution in [2.45, 2.75) is 0 Å². The molecule has 98 valence electrons. The Bertz CT molecular complexity index is 472. The molecule has 0 atom stereocenters. The smallest absolute Gasteiger partial charge is 0.259 e.